The van der Waals surface area contributed by atoms with Gasteiger partial charge in [0.05, 0.1) is 53.0 Å². The Morgan fingerprint density at radius 2 is 1.87 bits per heavy atom. The number of benzene rings is 2. The third-order valence-corrected chi connectivity index (χ3v) is 7.02. The normalized spacial score (nSPS) is 15.0. The Hall–Kier alpha value is -3.84. The molecule has 0 saturated heterocycles. The van der Waals surface area contributed by atoms with Gasteiger partial charge in [0, 0.05) is 21.4 Å². The molecule has 2 amide bonds. The number of hydrogen-bond acceptors (Lipinski definition) is 7. The van der Waals surface area contributed by atoms with Crippen molar-refractivity contribution in [2.75, 3.05) is 23.5 Å². The van der Waals surface area contributed by atoms with Crippen molar-refractivity contribution in [3.8, 4) is 11.8 Å². The minimum atomic E-state index is -0.789. The van der Waals surface area contributed by atoms with E-state index in [1.807, 2.05) is 0 Å². The molecule has 194 valence electrons. The number of para-hydroxylation sites is 2. The summed E-state index contributed by atoms with van der Waals surface area (Å²) in [5.41, 5.74) is 2.02. The number of hydrogen-bond donors (Lipinski definition) is 3. The fourth-order valence-electron chi connectivity index (χ4n) is 3.97. The lowest BCUT2D eigenvalue weighted by Gasteiger charge is -2.28. The molecule has 3 N–H and O–H groups in total. The molecule has 0 spiro atoms. The number of halogens is 2. The van der Waals surface area contributed by atoms with Crippen molar-refractivity contribution >= 4 is 58.2 Å². The van der Waals surface area contributed by atoms with Crippen molar-refractivity contribution in [2.24, 2.45) is 0 Å². The van der Waals surface area contributed by atoms with Gasteiger partial charge in [0.2, 0.25) is 5.91 Å². The average Bonchev–Trinajstić information content (AvgIpc) is 3.41. The molecule has 2 aromatic carbocycles. The summed E-state index contributed by atoms with van der Waals surface area (Å²) in [6, 6.07) is 17.4. The Bertz CT molecular complexity index is 1460. The highest BCUT2D eigenvalue weighted by Crippen LogP contribution is 2.41. The molecule has 11 heteroatoms. The van der Waals surface area contributed by atoms with Gasteiger partial charge in [0.15, 0.2) is 0 Å². The van der Waals surface area contributed by atoms with Gasteiger partial charge in [-0.05, 0) is 49.4 Å². The Kier molecular flexibility index (Phi) is 8.69. The molecule has 1 aliphatic rings. The van der Waals surface area contributed by atoms with E-state index in [0.717, 1.165) is 11.8 Å². The molecule has 0 bridgehead atoms. The number of anilines is 2. The molecule has 3 aromatic rings. The molecule has 38 heavy (non-hydrogen) atoms. The number of rotatable bonds is 8. The molecule has 0 aliphatic carbocycles. The van der Waals surface area contributed by atoms with Crippen molar-refractivity contribution in [3.63, 3.8) is 0 Å². The van der Waals surface area contributed by atoms with Gasteiger partial charge >= 0.3 is 0 Å². The number of carbonyl (C=O) groups excluding carboxylic acids is 2. The van der Waals surface area contributed by atoms with Gasteiger partial charge in [-0.1, -0.05) is 47.1 Å². The molecular formula is C27H22Cl2N4O4S. The molecular weight excluding hydrogens is 547 g/mol. The van der Waals surface area contributed by atoms with Crippen LogP contribution in [0, 0.1) is 11.3 Å². The van der Waals surface area contributed by atoms with Gasteiger partial charge in [0.1, 0.15) is 11.5 Å². The summed E-state index contributed by atoms with van der Waals surface area (Å²) in [6.07, 6.45) is 1.48. The second kappa shape index (κ2) is 12.1. The lowest BCUT2D eigenvalue weighted by molar-refractivity contribution is -0.114. The predicted octanol–water partition coefficient (Wildman–Crippen LogP) is 6.30. The number of nitrogens with zero attached hydrogens (tertiary/aromatic N) is 1. The number of methoxy groups -OCH3 is 1. The second-order valence-corrected chi connectivity index (χ2v) is 9.97. The molecule has 0 fully saturated rings. The number of nitriles is 1. The van der Waals surface area contributed by atoms with Gasteiger partial charge in [-0.2, -0.15) is 5.26 Å². The van der Waals surface area contributed by atoms with Crippen LogP contribution in [0.2, 0.25) is 10.0 Å². The maximum Gasteiger partial charge on any atom is 0.254 e. The van der Waals surface area contributed by atoms with E-state index in [1.54, 1.807) is 61.5 Å². The lowest BCUT2D eigenvalue weighted by Crippen LogP contribution is -2.31. The molecule has 4 rings (SSSR count). The third-order valence-electron chi connectivity index (χ3n) is 5.57. The van der Waals surface area contributed by atoms with Crippen LogP contribution in [0.1, 0.15) is 18.6 Å². The maximum absolute atomic E-state index is 13.5. The lowest BCUT2D eigenvalue weighted by atomic mass is 9.85. The van der Waals surface area contributed by atoms with E-state index in [4.69, 9.17) is 32.4 Å². The summed E-state index contributed by atoms with van der Waals surface area (Å²) >= 11 is 13.2. The van der Waals surface area contributed by atoms with Crippen molar-refractivity contribution in [1.29, 1.82) is 5.26 Å². The Morgan fingerprint density at radius 3 is 2.53 bits per heavy atom. The number of amides is 2. The number of nitrogens with one attached hydrogen (secondary N) is 3. The molecule has 2 heterocycles. The summed E-state index contributed by atoms with van der Waals surface area (Å²) in [5, 5.41) is 20.1. The highest BCUT2D eigenvalue weighted by molar-refractivity contribution is 8.03. The van der Waals surface area contributed by atoms with Crippen molar-refractivity contribution in [3.05, 3.63) is 98.5 Å². The second-order valence-electron chi connectivity index (χ2n) is 8.12. The Labute approximate surface area is 233 Å². The van der Waals surface area contributed by atoms with Crippen LogP contribution in [0.5, 0.6) is 5.75 Å². The zero-order chi connectivity index (χ0) is 27.2. The SMILES string of the molecule is COc1ccccc1NC(=O)C1=C(C)NC(SCC(=O)Nc2cc(Cl)cc(Cl)c2)=C(C#N)[C@@H]1c1ccco1. The number of ether oxygens (including phenoxy) is 1. The minimum absolute atomic E-state index is 0.0153. The smallest absolute Gasteiger partial charge is 0.254 e. The molecule has 1 atom stereocenters. The van der Waals surface area contributed by atoms with E-state index in [-0.39, 0.29) is 17.2 Å². The van der Waals surface area contributed by atoms with E-state index in [1.165, 1.54) is 13.4 Å². The van der Waals surface area contributed by atoms with Gasteiger partial charge in [-0.15, -0.1) is 0 Å². The average molecular weight is 569 g/mol. The first-order chi connectivity index (χ1) is 18.3. The Morgan fingerprint density at radius 1 is 1.13 bits per heavy atom. The zero-order valence-electron chi connectivity index (χ0n) is 20.3. The monoisotopic (exact) mass is 568 g/mol. The zero-order valence-corrected chi connectivity index (χ0v) is 22.6. The molecule has 1 aliphatic heterocycles. The van der Waals surface area contributed by atoms with Crippen LogP contribution in [0.25, 0.3) is 0 Å². The van der Waals surface area contributed by atoms with Gasteiger partial charge in [0.25, 0.3) is 5.91 Å². The molecule has 0 radical (unpaired) electrons. The van der Waals surface area contributed by atoms with Crippen LogP contribution >= 0.6 is 35.0 Å². The van der Waals surface area contributed by atoms with E-state index < -0.39 is 11.8 Å². The van der Waals surface area contributed by atoms with E-state index >= 15 is 0 Å². The standard InChI is InChI=1S/C27H22Cl2N4O4S/c1-15-24(26(35)33-20-6-3-4-7-21(20)36-2)25(22-8-5-9-37-22)19(13-30)27(31-15)38-14-23(34)32-18-11-16(28)10-17(29)12-18/h3-12,25,31H,14H2,1-2H3,(H,32,34)(H,33,35)/t25-/m1/s1. The summed E-state index contributed by atoms with van der Waals surface area (Å²) in [7, 11) is 1.51. The number of carbonyl (C=O) groups is 2. The van der Waals surface area contributed by atoms with Gasteiger partial charge in [-0.25, -0.2) is 0 Å². The highest BCUT2D eigenvalue weighted by Gasteiger charge is 2.36. The van der Waals surface area contributed by atoms with E-state index in [9.17, 15) is 14.9 Å². The quantitative estimate of drug-likeness (QED) is 0.292. The summed E-state index contributed by atoms with van der Waals surface area (Å²) in [6.45, 7) is 1.73. The van der Waals surface area contributed by atoms with Gasteiger partial charge < -0.3 is 25.1 Å². The summed E-state index contributed by atoms with van der Waals surface area (Å²) in [4.78, 5) is 26.2. The first-order valence-corrected chi connectivity index (χ1v) is 13.0. The largest absolute Gasteiger partial charge is 0.495 e. The number of dihydropyridines is 1. The fourth-order valence-corrected chi connectivity index (χ4v) is 5.38. The number of thioether (sulfide) groups is 1. The highest BCUT2D eigenvalue weighted by atomic mass is 35.5. The van der Waals surface area contributed by atoms with Crippen molar-refractivity contribution in [1.82, 2.24) is 5.32 Å². The van der Waals surface area contributed by atoms with Crippen LogP contribution < -0.4 is 20.7 Å². The van der Waals surface area contributed by atoms with Gasteiger partial charge in [-0.3, -0.25) is 9.59 Å². The molecule has 0 unspecified atom stereocenters. The van der Waals surface area contributed by atoms with Crippen LogP contribution in [-0.4, -0.2) is 24.7 Å². The first kappa shape index (κ1) is 27.2. The van der Waals surface area contributed by atoms with Crippen LogP contribution in [-0.2, 0) is 9.59 Å². The van der Waals surface area contributed by atoms with Crippen molar-refractivity contribution in [2.45, 2.75) is 12.8 Å². The van der Waals surface area contributed by atoms with Crippen molar-refractivity contribution < 1.29 is 18.7 Å². The minimum Gasteiger partial charge on any atom is -0.495 e. The summed E-state index contributed by atoms with van der Waals surface area (Å²) in [5.74, 6) is -0.633. The molecule has 8 nitrogen and oxygen atoms in total. The summed E-state index contributed by atoms with van der Waals surface area (Å²) < 4.78 is 11.0. The van der Waals surface area contributed by atoms with Crippen LogP contribution in [0.4, 0.5) is 11.4 Å². The maximum atomic E-state index is 13.5. The molecule has 0 saturated carbocycles. The first-order valence-electron chi connectivity index (χ1n) is 11.3. The molecule has 1 aromatic heterocycles. The van der Waals surface area contributed by atoms with E-state index in [2.05, 4.69) is 22.0 Å². The third kappa shape index (κ3) is 6.17. The van der Waals surface area contributed by atoms with E-state index in [0.29, 0.717) is 49.2 Å². The topological polar surface area (TPSA) is 116 Å². The number of allylic oxidation sites excluding steroid dienone is 2. The number of furan rings is 1. The Balaban J connectivity index is 1.59. The van der Waals surface area contributed by atoms with Crippen LogP contribution in [0.15, 0.2) is 87.1 Å². The van der Waals surface area contributed by atoms with Crippen LogP contribution in [0.3, 0.4) is 0 Å². The predicted molar refractivity (Wildman–Crippen MR) is 149 cm³/mol. The fraction of sp³-hybridized carbons (Fsp3) is 0.148.